The van der Waals surface area contributed by atoms with Gasteiger partial charge in [0.15, 0.2) is 5.78 Å². The molecule has 3 aromatic carbocycles. The largest absolute Gasteiger partial charge is 0.487 e. The number of halogens is 1. The molecule has 6 rings (SSSR count). The smallest absolute Gasteiger partial charge is 0.326 e. The number of carboxylic acid groups (broad SMARTS) is 1. The summed E-state index contributed by atoms with van der Waals surface area (Å²) in [5, 5.41) is 13.5. The zero-order valence-corrected chi connectivity index (χ0v) is 26.9. The van der Waals surface area contributed by atoms with Crippen LogP contribution in [0, 0.1) is 0 Å². The number of nitrogens with one attached hydrogen (secondary N) is 2. The number of nitrogens with zero attached hydrogens (tertiary/aromatic N) is 3. The van der Waals surface area contributed by atoms with Gasteiger partial charge in [-0.25, -0.2) is 4.79 Å². The summed E-state index contributed by atoms with van der Waals surface area (Å²) < 4.78 is 6.36. The second-order valence-electron chi connectivity index (χ2n) is 12.5. The molecule has 0 unspecified atom stereocenters. The number of Topliss-reactive ketones (excluding diaryl/α,β-unsaturated/α-hetero) is 1. The van der Waals surface area contributed by atoms with E-state index in [0.29, 0.717) is 23.7 Å². The van der Waals surface area contributed by atoms with E-state index in [0.717, 1.165) is 22.0 Å². The van der Waals surface area contributed by atoms with Gasteiger partial charge in [-0.3, -0.25) is 24.3 Å². The number of aromatic amines is 1. The van der Waals surface area contributed by atoms with Crippen molar-refractivity contribution in [1.82, 2.24) is 20.1 Å². The van der Waals surface area contributed by atoms with Crippen molar-refractivity contribution in [3.05, 3.63) is 100 Å². The molecule has 4 aromatic rings. The maximum atomic E-state index is 14.7. The van der Waals surface area contributed by atoms with Crippen LogP contribution in [-0.4, -0.2) is 74.7 Å². The minimum absolute atomic E-state index is 0.122. The molecule has 1 fully saturated rings. The lowest BCUT2D eigenvalue weighted by Gasteiger charge is -2.36. The van der Waals surface area contributed by atoms with E-state index in [9.17, 15) is 24.3 Å². The van der Waals surface area contributed by atoms with E-state index in [2.05, 4.69) is 10.3 Å². The number of carbonyl (C=O) groups is 4. The summed E-state index contributed by atoms with van der Waals surface area (Å²) >= 11 is 6.27. The normalized spacial score (nSPS) is 18.2. The van der Waals surface area contributed by atoms with Crippen molar-refractivity contribution in [2.75, 3.05) is 19.6 Å². The van der Waals surface area contributed by atoms with E-state index in [4.69, 9.17) is 21.3 Å². The quantitative estimate of drug-likeness (QED) is 0.171. The fourth-order valence-corrected chi connectivity index (χ4v) is 6.13. The van der Waals surface area contributed by atoms with Gasteiger partial charge >= 0.3 is 12.0 Å². The maximum absolute atomic E-state index is 14.7. The van der Waals surface area contributed by atoms with Gasteiger partial charge in [0, 0.05) is 46.3 Å². The van der Waals surface area contributed by atoms with Crippen LogP contribution < -0.4 is 10.1 Å². The number of para-hydroxylation sites is 1. The zero-order valence-electron chi connectivity index (χ0n) is 26.1. The number of piperazine rings is 1. The Labute approximate surface area is 276 Å². The van der Waals surface area contributed by atoms with E-state index in [-0.39, 0.29) is 29.6 Å². The first-order chi connectivity index (χ1) is 22.4. The summed E-state index contributed by atoms with van der Waals surface area (Å²) in [6.45, 7) is 6.03. The van der Waals surface area contributed by atoms with Gasteiger partial charge in [0.2, 0.25) is 5.91 Å². The summed E-state index contributed by atoms with van der Waals surface area (Å²) in [5.41, 5.74) is 2.37. The Hall–Kier alpha value is -5.16. The number of amidine groups is 1. The molecule has 2 aliphatic rings. The van der Waals surface area contributed by atoms with Crippen LogP contribution in [0.15, 0.2) is 77.9 Å². The third-order valence-electron chi connectivity index (χ3n) is 8.01. The minimum atomic E-state index is -1.24. The van der Waals surface area contributed by atoms with E-state index < -0.39 is 41.9 Å². The van der Waals surface area contributed by atoms with Gasteiger partial charge < -0.3 is 25.0 Å². The predicted molar refractivity (Wildman–Crippen MR) is 177 cm³/mol. The SMILES string of the molecule is CC(C)(C)Oc1cc(C(=O)CC(=O)O)ccc1C1=N[C@@H](c2ccc(Cl)cc2)[C@@H](c2c[nH]c3ccccc23)N1C(=O)N1CCNC(=O)C1. The topological polar surface area (TPSA) is 144 Å². The lowest BCUT2D eigenvalue weighted by molar-refractivity contribution is -0.136. The summed E-state index contributed by atoms with van der Waals surface area (Å²) in [7, 11) is 0. The number of benzene rings is 3. The molecule has 3 heterocycles. The van der Waals surface area contributed by atoms with Crippen molar-refractivity contribution in [2.24, 2.45) is 4.99 Å². The third-order valence-corrected chi connectivity index (χ3v) is 8.26. The number of urea groups is 1. The standard InChI is InChI=1S/C35H34ClN5O6/c1-35(2,3)47-28-16-21(27(42)17-30(44)45)10-13-24(28)33-39-31(20-8-11-22(36)12-9-20)32(25-18-38-26-7-5-4-6-23(25)26)41(33)34(46)40-15-14-37-29(43)19-40/h4-13,16,18,31-32,38H,14-15,17,19H2,1-3H3,(H,37,43)(H,44,45)/t31-,32+/m0/s1. The molecule has 12 heteroatoms. The van der Waals surface area contributed by atoms with Crippen molar-refractivity contribution in [3.63, 3.8) is 0 Å². The maximum Gasteiger partial charge on any atom is 0.326 e. The summed E-state index contributed by atoms with van der Waals surface area (Å²) in [5.74, 6) is -1.55. The van der Waals surface area contributed by atoms with Crippen molar-refractivity contribution >= 4 is 52.0 Å². The fraction of sp³-hybridized carbons (Fsp3) is 0.286. The molecule has 1 saturated heterocycles. The van der Waals surface area contributed by atoms with Crippen LogP contribution in [0.5, 0.6) is 5.75 Å². The van der Waals surface area contributed by atoms with Crippen LogP contribution in [0.4, 0.5) is 4.79 Å². The number of ketones is 1. The number of carboxylic acids is 1. The first-order valence-corrected chi connectivity index (χ1v) is 15.6. The Balaban J connectivity index is 1.58. The molecule has 0 saturated carbocycles. The number of rotatable bonds is 7. The van der Waals surface area contributed by atoms with Crippen molar-refractivity contribution < 1.29 is 29.0 Å². The van der Waals surface area contributed by atoms with Crippen LogP contribution in [0.1, 0.15) is 66.3 Å². The van der Waals surface area contributed by atoms with Gasteiger partial charge in [-0.2, -0.15) is 0 Å². The Bertz CT molecular complexity index is 1910. The molecule has 2 atom stereocenters. The fourth-order valence-electron chi connectivity index (χ4n) is 6.00. The second kappa shape index (κ2) is 12.6. The van der Waals surface area contributed by atoms with Crippen molar-refractivity contribution in [3.8, 4) is 5.75 Å². The average Bonchev–Trinajstić information content (AvgIpc) is 3.62. The average molecular weight is 656 g/mol. The number of H-pyrrole nitrogens is 1. The molecule has 2 aliphatic heterocycles. The van der Waals surface area contributed by atoms with E-state index >= 15 is 0 Å². The number of aliphatic carboxylic acids is 1. The number of aliphatic imine (C=N–C) groups is 1. The van der Waals surface area contributed by atoms with Crippen molar-refractivity contribution in [2.45, 2.75) is 44.9 Å². The molecule has 0 radical (unpaired) electrons. The Morgan fingerprint density at radius 3 is 2.51 bits per heavy atom. The molecule has 11 nitrogen and oxygen atoms in total. The Kier molecular flexibility index (Phi) is 8.50. The molecule has 1 aromatic heterocycles. The van der Waals surface area contributed by atoms with Crippen LogP contribution in [0.25, 0.3) is 10.9 Å². The monoisotopic (exact) mass is 655 g/mol. The molecule has 0 spiro atoms. The number of ether oxygens (including phenoxy) is 1. The van der Waals surface area contributed by atoms with Gasteiger partial charge in [0.05, 0.1) is 11.6 Å². The molecule has 47 heavy (non-hydrogen) atoms. The van der Waals surface area contributed by atoms with Gasteiger partial charge in [-0.1, -0.05) is 48.0 Å². The minimum Gasteiger partial charge on any atom is -0.487 e. The number of amides is 3. The number of fused-ring (bicyclic) bond motifs is 1. The zero-order chi connectivity index (χ0) is 33.5. The second-order valence-corrected chi connectivity index (χ2v) is 13.0. The van der Waals surface area contributed by atoms with E-state index in [1.165, 1.54) is 17.0 Å². The number of hydrogen-bond donors (Lipinski definition) is 3. The summed E-state index contributed by atoms with van der Waals surface area (Å²) in [6.07, 6.45) is 1.19. The molecule has 242 valence electrons. The molecule has 0 aliphatic carbocycles. The third kappa shape index (κ3) is 6.57. The highest BCUT2D eigenvalue weighted by atomic mass is 35.5. The molecular weight excluding hydrogens is 622 g/mol. The number of carbonyl (C=O) groups excluding carboxylic acids is 3. The van der Waals surface area contributed by atoms with E-state index in [1.54, 1.807) is 23.1 Å². The molecular formula is C35H34ClN5O6. The van der Waals surface area contributed by atoms with E-state index in [1.807, 2.05) is 63.4 Å². The lowest BCUT2D eigenvalue weighted by atomic mass is 9.93. The summed E-state index contributed by atoms with van der Waals surface area (Å²) in [6, 6.07) is 18.1. The van der Waals surface area contributed by atoms with Crippen LogP contribution in [0.3, 0.4) is 0 Å². The number of hydrogen-bond acceptors (Lipinski definition) is 6. The molecule has 3 amide bonds. The van der Waals surface area contributed by atoms with Gasteiger partial charge in [-0.05, 0) is 56.7 Å². The number of aromatic nitrogens is 1. The summed E-state index contributed by atoms with van der Waals surface area (Å²) in [4.78, 5) is 63.0. The van der Waals surface area contributed by atoms with Gasteiger partial charge in [-0.15, -0.1) is 0 Å². The molecule has 3 N–H and O–H groups in total. The van der Waals surface area contributed by atoms with Crippen molar-refractivity contribution in [1.29, 1.82) is 0 Å². The first kappa shape index (κ1) is 31.8. The highest BCUT2D eigenvalue weighted by Crippen LogP contribution is 2.47. The van der Waals surface area contributed by atoms with Crippen LogP contribution in [0.2, 0.25) is 5.02 Å². The first-order valence-electron chi connectivity index (χ1n) is 15.2. The van der Waals surface area contributed by atoms with Crippen LogP contribution >= 0.6 is 11.6 Å². The predicted octanol–water partition coefficient (Wildman–Crippen LogP) is 5.75. The van der Waals surface area contributed by atoms with Gasteiger partial charge in [0.25, 0.3) is 0 Å². The Morgan fingerprint density at radius 1 is 1.06 bits per heavy atom. The van der Waals surface area contributed by atoms with Crippen LogP contribution in [-0.2, 0) is 9.59 Å². The lowest BCUT2D eigenvalue weighted by Crippen LogP contribution is -2.55. The molecule has 0 bridgehead atoms. The highest BCUT2D eigenvalue weighted by Gasteiger charge is 2.46. The Morgan fingerprint density at radius 2 is 1.81 bits per heavy atom. The van der Waals surface area contributed by atoms with Gasteiger partial charge in [0.1, 0.15) is 36.2 Å². The highest BCUT2D eigenvalue weighted by molar-refractivity contribution is 6.30.